The van der Waals surface area contributed by atoms with E-state index in [4.69, 9.17) is 9.16 Å². The van der Waals surface area contributed by atoms with Gasteiger partial charge in [-0.1, -0.05) is 106 Å². The predicted molar refractivity (Wildman–Crippen MR) is 231 cm³/mol. The van der Waals surface area contributed by atoms with Gasteiger partial charge in [0.05, 0.1) is 0 Å². The molecule has 4 N–H and O–H groups in total. The summed E-state index contributed by atoms with van der Waals surface area (Å²) in [4.78, 5) is 14.5. The Balaban J connectivity index is 0.882. The van der Waals surface area contributed by atoms with Gasteiger partial charge in [-0.3, -0.25) is 0 Å². The average Bonchev–Trinajstić information content (AvgIpc) is 3.22. The number of hydrogen-bond acceptors (Lipinski definition) is 6. The Morgan fingerprint density at radius 2 is 1.40 bits per heavy atom. The largest absolute Gasteiger partial charge is 0.534 e. The lowest BCUT2D eigenvalue weighted by Crippen LogP contribution is -2.68. The SMILES string of the molecule is CC(C)(C)[Si](Oc1ccc(OC[C@@H](O)CNCCc2ccc(NC3CCN(C(=O)NCCc4cccc(F)c4)CC3)cc2)cc1)(c1ccccc1)c1ccccc1. The lowest BCUT2D eigenvalue weighted by Gasteiger charge is -2.43. The zero-order chi connectivity index (χ0) is 40.1. The van der Waals surface area contributed by atoms with Crippen LogP contribution in [0.3, 0.4) is 0 Å². The quantitative estimate of drug-likeness (QED) is 0.0591. The van der Waals surface area contributed by atoms with Crippen molar-refractivity contribution in [2.75, 3.05) is 44.6 Å². The molecule has 0 bridgehead atoms. The number of anilines is 1. The molecule has 0 aromatic heterocycles. The van der Waals surface area contributed by atoms with Gasteiger partial charge in [0.1, 0.15) is 30.0 Å². The summed E-state index contributed by atoms with van der Waals surface area (Å²) in [5.74, 6) is 1.22. The summed E-state index contributed by atoms with van der Waals surface area (Å²) in [6.07, 6.45) is 2.54. The van der Waals surface area contributed by atoms with Gasteiger partial charge < -0.3 is 35.1 Å². The van der Waals surface area contributed by atoms with E-state index in [0.717, 1.165) is 42.8 Å². The summed E-state index contributed by atoms with van der Waals surface area (Å²) in [5, 5.41) is 22.9. The number of aliphatic hydroxyl groups excluding tert-OH is 1. The van der Waals surface area contributed by atoms with E-state index in [9.17, 15) is 14.3 Å². The van der Waals surface area contributed by atoms with E-state index < -0.39 is 14.4 Å². The first-order valence-corrected chi connectivity index (χ1v) is 22.0. The number of nitrogens with zero attached hydrogens (tertiary/aromatic N) is 1. The summed E-state index contributed by atoms with van der Waals surface area (Å²) in [6.45, 7) is 10.0. The van der Waals surface area contributed by atoms with Crippen molar-refractivity contribution in [2.45, 2.75) is 63.6 Å². The van der Waals surface area contributed by atoms with Crippen LogP contribution in [0, 0.1) is 5.82 Å². The summed E-state index contributed by atoms with van der Waals surface area (Å²) < 4.78 is 26.5. The number of piperidine rings is 1. The summed E-state index contributed by atoms with van der Waals surface area (Å²) in [5.41, 5.74) is 3.15. The molecule has 8 nitrogen and oxygen atoms in total. The zero-order valence-corrected chi connectivity index (χ0v) is 34.4. The molecule has 6 rings (SSSR count). The number of carbonyl (C=O) groups is 1. The van der Waals surface area contributed by atoms with Crippen LogP contribution in [0.25, 0.3) is 0 Å². The summed E-state index contributed by atoms with van der Waals surface area (Å²) in [6, 6.07) is 44.1. The van der Waals surface area contributed by atoms with Crippen molar-refractivity contribution in [2.24, 2.45) is 0 Å². The van der Waals surface area contributed by atoms with Gasteiger partial charge in [0.2, 0.25) is 0 Å². The normalized spacial score (nSPS) is 14.2. The lowest BCUT2D eigenvalue weighted by molar-refractivity contribution is 0.106. The van der Waals surface area contributed by atoms with Crippen molar-refractivity contribution >= 4 is 30.4 Å². The minimum absolute atomic E-state index is 0.0635. The van der Waals surface area contributed by atoms with Crippen LogP contribution in [-0.2, 0) is 12.8 Å². The molecule has 1 fully saturated rings. The van der Waals surface area contributed by atoms with Gasteiger partial charge in [0, 0.05) is 37.9 Å². The van der Waals surface area contributed by atoms with E-state index >= 15 is 0 Å². The number of hydrogen-bond donors (Lipinski definition) is 4. The summed E-state index contributed by atoms with van der Waals surface area (Å²) in [7, 11) is -2.73. The number of likely N-dealkylation sites (tertiary alicyclic amines) is 1. The topological polar surface area (TPSA) is 95.1 Å². The number of ether oxygens (including phenoxy) is 1. The van der Waals surface area contributed by atoms with E-state index in [-0.39, 0.29) is 23.5 Å². The van der Waals surface area contributed by atoms with Crippen LogP contribution in [0.15, 0.2) is 133 Å². The molecule has 300 valence electrons. The first kappa shape index (κ1) is 41.5. The first-order valence-electron chi connectivity index (χ1n) is 20.1. The average molecular weight is 789 g/mol. The Labute approximate surface area is 338 Å². The van der Waals surface area contributed by atoms with Crippen molar-refractivity contribution in [3.05, 3.63) is 150 Å². The van der Waals surface area contributed by atoms with Crippen molar-refractivity contribution in [3.63, 3.8) is 0 Å². The van der Waals surface area contributed by atoms with Crippen LogP contribution in [0.5, 0.6) is 11.5 Å². The molecule has 0 saturated carbocycles. The number of halogens is 1. The molecular weight excluding hydrogens is 732 g/mol. The van der Waals surface area contributed by atoms with Crippen LogP contribution >= 0.6 is 0 Å². The number of urea groups is 1. The van der Waals surface area contributed by atoms with Crippen LogP contribution in [0.1, 0.15) is 44.7 Å². The van der Waals surface area contributed by atoms with E-state index in [1.807, 2.05) is 47.4 Å². The molecule has 0 spiro atoms. The van der Waals surface area contributed by atoms with E-state index in [0.29, 0.717) is 44.4 Å². The number of benzene rings is 5. The number of carbonyl (C=O) groups excluding carboxylic acids is 1. The maximum absolute atomic E-state index is 13.4. The molecule has 0 unspecified atom stereocenters. The van der Waals surface area contributed by atoms with E-state index in [1.54, 1.807) is 6.07 Å². The minimum Gasteiger partial charge on any atom is -0.534 e. The molecule has 1 aliphatic rings. The second kappa shape index (κ2) is 19.8. The van der Waals surface area contributed by atoms with Crippen molar-refractivity contribution in [1.29, 1.82) is 0 Å². The molecule has 10 heteroatoms. The van der Waals surface area contributed by atoms with Crippen LogP contribution in [0.2, 0.25) is 5.04 Å². The van der Waals surface area contributed by atoms with Crippen molar-refractivity contribution in [3.8, 4) is 11.5 Å². The van der Waals surface area contributed by atoms with E-state index in [2.05, 4.69) is 110 Å². The maximum Gasteiger partial charge on any atom is 0.319 e. The smallest absolute Gasteiger partial charge is 0.319 e. The van der Waals surface area contributed by atoms with Gasteiger partial charge in [-0.25, -0.2) is 9.18 Å². The van der Waals surface area contributed by atoms with Gasteiger partial charge in [-0.15, -0.1) is 0 Å². The Bertz CT molecular complexity index is 1930. The monoisotopic (exact) mass is 788 g/mol. The Morgan fingerprint density at radius 3 is 2.02 bits per heavy atom. The van der Waals surface area contributed by atoms with E-state index in [1.165, 1.54) is 28.1 Å². The molecule has 57 heavy (non-hydrogen) atoms. The number of aliphatic hydroxyl groups is 1. The second-order valence-corrected chi connectivity index (χ2v) is 20.1. The summed E-state index contributed by atoms with van der Waals surface area (Å²) >= 11 is 0. The minimum atomic E-state index is -2.73. The fourth-order valence-corrected chi connectivity index (χ4v) is 12.0. The highest BCUT2D eigenvalue weighted by molar-refractivity contribution is 7.00. The molecule has 2 amide bonds. The molecule has 5 aromatic rings. The molecule has 1 aliphatic heterocycles. The number of nitrogens with one attached hydrogen (secondary N) is 3. The van der Waals surface area contributed by atoms with Crippen molar-refractivity contribution in [1.82, 2.24) is 15.5 Å². The fourth-order valence-electron chi connectivity index (χ4n) is 7.53. The molecule has 0 radical (unpaired) electrons. The Hall–Kier alpha value is -5.16. The van der Waals surface area contributed by atoms with Gasteiger partial charge in [-0.05, 0) is 107 Å². The molecular formula is C47H57FN4O4Si. The lowest BCUT2D eigenvalue weighted by atomic mass is 10.0. The highest BCUT2D eigenvalue weighted by atomic mass is 28.4. The van der Waals surface area contributed by atoms with Crippen molar-refractivity contribution < 1.29 is 23.5 Å². The van der Waals surface area contributed by atoms with Gasteiger partial charge >= 0.3 is 14.3 Å². The highest BCUT2D eigenvalue weighted by Gasteiger charge is 2.52. The third-order valence-corrected chi connectivity index (χ3v) is 15.6. The van der Waals surface area contributed by atoms with Gasteiger partial charge in [-0.2, -0.15) is 0 Å². The standard InChI is InChI=1S/C47H57FN4O4Si/c1-47(2,3)57(44-13-6-4-7-14-44,45-15-8-5-9-16-45)56-43-23-21-42(22-24-43)55-35-41(53)34-49-29-25-36-17-19-39(20-18-36)51-40-27-31-52(32-28-40)46(54)50-30-26-37-11-10-12-38(48)33-37/h4-24,33,40-41,49,51,53H,25-32,34-35H2,1-3H3,(H,50,54)/t41-/m0/s1. The third-order valence-electron chi connectivity index (χ3n) is 10.6. The van der Waals surface area contributed by atoms with Crippen LogP contribution < -0.4 is 35.5 Å². The molecule has 5 aromatic carbocycles. The number of rotatable bonds is 17. The van der Waals surface area contributed by atoms with Gasteiger partial charge in [0.25, 0.3) is 0 Å². The molecule has 0 aliphatic carbocycles. The third kappa shape index (κ3) is 11.5. The number of amides is 2. The molecule has 1 heterocycles. The Kier molecular flexibility index (Phi) is 14.4. The Morgan fingerprint density at radius 1 is 0.789 bits per heavy atom. The fraction of sp³-hybridized carbons (Fsp3) is 0.340. The predicted octanol–water partition coefficient (Wildman–Crippen LogP) is 7.17. The molecule has 1 atom stereocenters. The van der Waals surface area contributed by atoms with Crippen LogP contribution in [0.4, 0.5) is 14.9 Å². The first-order chi connectivity index (χ1) is 27.6. The second-order valence-electron chi connectivity index (χ2n) is 15.9. The highest BCUT2D eigenvalue weighted by Crippen LogP contribution is 2.38. The molecule has 1 saturated heterocycles. The van der Waals surface area contributed by atoms with Gasteiger partial charge in [0.15, 0.2) is 0 Å². The maximum atomic E-state index is 13.4. The zero-order valence-electron chi connectivity index (χ0n) is 33.4. The van der Waals surface area contributed by atoms with Crippen LogP contribution in [-0.4, -0.2) is 75.8 Å².